The summed E-state index contributed by atoms with van der Waals surface area (Å²) in [7, 11) is 0. The SMILES string of the molecule is CC(C)(C)CCC1(C(=O)c2ccc(N)c(Cl)c2)CCNCC1. The monoisotopic (exact) mass is 322 g/mol. The van der Waals surface area contributed by atoms with Crippen LogP contribution in [0.1, 0.15) is 56.8 Å². The molecule has 1 fully saturated rings. The van der Waals surface area contributed by atoms with Crippen molar-refractivity contribution in [2.24, 2.45) is 10.8 Å². The number of nitrogens with one attached hydrogen (secondary N) is 1. The molecule has 0 aromatic heterocycles. The van der Waals surface area contributed by atoms with Crippen LogP contribution in [0.2, 0.25) is 5.02 Å². The molecule has 0 aliphatic carbocycles. The molecule has 1 aliphatic rings. The average molecular weight is 323 g/mol. The lowest BCUT2D eigenvalue weighted by Gasteiger charge is -2.38. The number of piperidine rings is 1. The fourth-order valence-electron chi connectivity index (χ4n) is 3.08. The van der Waals surface area contributed by atoms with Crippen LogP contribution >= 0.6 is 11.6 Å². The summed E-state index contributed by atoms with van der Waals surface area (Å²) in [6.07, 6.45) is 3.76. The highest BCUT2D eigenvalue weighted by atomic mass is 35.5. The van der Waals surface area contributed by atoms with Gasteiger partial charge in [-0.3, -0.25) is 4.79 Å². The second-order valence-electron chi connectivity index (χ2n) is 7.66. The summed E-state index contributed by atoms with van der Waals surface area (Å²) in [5.74, 6) is 0.222. The Kier molecular flexibility index (Phi) is 5.18. The van der Waals surface area contributed by atoms with Crippen molar-refractivity contribution in [1.29, 1.82) is 0 Å². The van der Waals surface area contributed by atoms with Gasteiger partial charge in [-0.2, -0.15) is 0 Å². The van der Waals surface area contributed by atoms with Crippen LogP contribution in [-0.2, 0) is 0 Å². The molecule has 0 atom stereocenters. The van der Waals surface area contributed by atoms with Crippen molar-refractivity contribution in [3.05, 3.63) is 28.8 Å². The fourth-order valence-corrected chi connectivity index (χ4v) is 3.27. The second-order valence-corrected chi connectivity index (χ2v) is 8.06. The minimum absolute atomic E-state index is 0.222. The summed E-state index contributed by atoms with van der Waals surface area (Å²) in [6, 6.07) is 5.26. The third-order valence-corrected chi connectivity index (χ3v) is 4.99. The zero-order valence-electron chi connectivity index (χ0n) is 13.8. The Bertz CT molecular complexity index is 543. The van der Waals surface area contributed by atoms with Crippen LogP contribution in [0.5, 0.6) is 0 Å². The summed E-state index contributed by atoms with van der Waals surface area (Å²) in [4.78, 5) is 13.2. The summed E-state index contributed by atoms with van der Waals surface area (Å²) in [5.41, 5.74) is 6.94. The predicted octanol–water partition coefficient (Wildman–Crippen LogP) is 4.30. The van der Waals surface area contributed by atoms with Crippen LogP contribution in [-0.4, -0.2) is 18.9 Å². The van der Waals surface area contributed by atoms with Crippen molar-refractivity contribution in [2.75, 3.05) is 18.8 Å². The summed E-state index contributed by atoms with van der Waals surface area (Å²) >= 11 is 6.10. The molecule has 122 valence electrons. The number of hydrogen-bond acceptors (Lipinski definition) is 3. The zero-order chi connectivity index (χ0) is 16.4. The summed E-state index contributed by atoms with van der Waals surface area (Å²) in [6.45, 7) is 8.49. The third kappa shape index (κ3) is 4.02. The number of anilines is 1. The van der Waals surface area contributed by atoms with Crippen LogP contribution in [0.3, 0.4) is 0 Å². The molecule has 0 saturated carbocycles. The van der Waals surface area contributed by atoms with Gasteiger partial charge in [0.15, 0.2) is 5.78 Å². The lowest BCUT2D eigenvalue weighted by Crippen LogP contribution is -2.42. The molecule has 0 spiro atoms. The van der Waals surface area contributed by atoms with Gasteiger partial charge in [-0.15, -0.1) is 0 Å². The fraction of sp³-hybridized carbons (Fsp3) is 0.611. The van der Waals surface area contributed by atoms with Gasteiger partial charge >= 0.3 is 0 Å². The van der Waals surface area contributed by atoms with E-state index in [0.717, 1.165) is 38.8 Å². The van der Waals surface area contributed by atoms with Crippen LogP contribution in [0.15, 0.2) is 18.2 Å². The quantitative estimate of drug-likeness (QED) is 0.642. The van der Waals surface area contributed by atoms with Crippen molar-refractivity contribution in [3.63, 3.8) is 0 Å². The number of carbonyl (C=O) groups excluding carboxylic acids is 1. The molecule has 0 bridgehead atoms. The first-order valence-corrected chi connectivity index (χ1v) is 8.42. The highest BCUT2D eigenvalue weighted by molar-refractivity contribution is 6.33. The minimum atomic E-state index is -0.266. The van der Waals surface area contributed by atoms with E-state index in [1.165, 1.54) is 0 Å². The van der Waals surface area contributed by atoms with Crippen molar-refractivity contribution in [3.8, 4) is 0 Å². The third-order valence-electron chi connectivity index (χ3n) is 4.66. The Balaban J connectivity index is 2.27. The second kappa shape index (κ2) is 6.59. The van der Waals surface area contributed by atoms with Crippen molar-refractivity contribution >= 4 is 23.1 Å². The standard InChI is InChI=1S/C18H27ClN2O/c1-17(2,3)6-7-18(8-10-21-11-9-18)16(22)13-4-5-15(20)14(19)12-13/h4-5,12,21H,6-11,20H2,1-3H3. The van der Waals surface area contributed by atoms with Gasteiger partial charge in [0.2, 0.25) is 0 Å². The van der Waals surface area contributed by atoms with E-state index in [9.17, 15) is 4.79 Å². The number of benzene rings is 1. The van der Waals surface area contributed by atoms with Crippen molar-refractivity contribution < 1.29 is 4.79 Å². The average Bonchev–Trinajstić information content (AvgIpc) is 2.47. The summed E-state index contributed by atoms with van der Waals surface area (Å²) in [5, 5.41) is 3.83. The van der Waals surface area contributed by atoms with E-state index in [4.69, 9.17) is 17.3 Å². The molecule has 1 aliphatic heterocycles. The maximum absolute atomic E-state index is 13.2. The van der Waals surface area contributed by atoms with E-state index < -0.39 is 0 Å². The Labute approximate surface area is 138 Å². The van der Waals surface area contributed by atoms with Crippen LogP contribution < -0.4 is 11.1 Å². The molecule has 0 amide bonds. The number of halogens is 1. The van der Waals surface area contributed by atoms with Crippen LogP contribution in [0.25, 0.3) is 0 Å². The van der Waals surface area contributed by atoms with Crippen LogP contribution in [0, 0.1) is 10.8 Å². The van der Waals surface area contributed by atoms with E-state index in [0.29, 0.717) is 16.3 Å². The Hall–Kier alpha value is -1.06. The molecule has 1 saturated heterocycles. The molecule has 3 N–H and O–H groups in total. The smallest absolute Gasteiger partial charge is 0.169 e. The van der Waals surface area contributed by atoms with Crippen molar-refractivity contribution in [2.45, 2.75) is 46.5 Å². The Morgan fingerprint density at radius 3 is 2.50 bits per heavy atom. The lowest BCUT2D eigenvalue weighted by molar-refractivity contribution is 0.0677. The van der Waals surface area contributed by atoms with E-state index in [1.54, 1.807) is 12.1 Å². The molecular weight excluding hydrogens is 296 g/mol. The molecule has 2 rings (SSSR count). The molecule has 1 heterocycles. The summed E-state index contributed by atoms with van der Waals surface area (Å²) < 4.78 is 0. The Morgan fingerprint density at radius 2 is 1.95 bits per heavy atom. The molecule has 1 aromatic carbocycles. The zero-order valence-corrected chi connectivity index (χ0v) is 14.6. The van der Waals surface area contributed by atoms with Crippen molar-refractivity contribution in [1.82, 2.24) is 5.32 Å². The van der Waals surface area contributed by atoms with Crippen LogP contribution in [0.4, 0.5) is 5.69 Å². The normalized spacial score (nSPS) is 18.2. The largest absolute Gasteiger partial charge is 0.398 e. The first-order valence-electron chi connectivity index (χ1n) is 8.04. The minimum Gasteiger partial charge on any atom is -0.398 e. The number of rotatable bonds is 4. The molecule has 4 heteroatoms. The van der Waals surface area contributed by atoms with Gasteiger partial charge in [0, 0.05) is 11.0 Å². The molecule has 1 aromatic rings. The number of hydrogen-bond donors (Lipinski definition) is 2. The van der Waals surface area contributed by atoms with E-state index in [1.807, 2.05) is 6.07 Å². The number of ketones is 1. The van der Waals surface area contributed by atoms with Gasteiger partial charge in [0.05, 0.1) is 10.7 Å². The van der Waals surface area contributed by atoms with Gasteiger partial charge in [-0.05, 0) is 62.4 Å². The highest BCUT2D eigenvalue weighted by Gasteiger charge is 2.40. The van der Waals surface area contributed by atoms with Gasteiger partial charge in [-0.25, -0.2) is 0 Å². The molecule has 0 unspecified atom stereocenters. The number of carbonyl (C=O) groups is 1. The van der Waals surface area contributed by atoms with E-state index in [-0.39, 0.29) is 16.6 Å². The molecular formula is C18H27ClN2O. The molecule has 22 heavy (non-hydrogen) atoms. The van der Waals surface area contributed by atoms with Gasteiger partial charge in [-0.1, -0.05) is 32.4 Å². The molecule has 0 radical (unpaired) electrons. The predicted molar refractivity (Wildman–Crippen MR) is 93.4 cm³/mol. The lowest BCUT2D eigenvalue weighted by atomic mass is 9.68. The number of nitrogens with two attached hydrogens (primary N) is 1. The molecule has 3 nitrogen and oxygen atoms in total. The Morgan fingerprint density at radius 1 is 1.32 bits per heavy atom. The van der Waals surface area contributed by atoms with Gasteiger partial charge in [0.25, 0.3) is 0 Å². The maximum Gasteiger partial charge on any atom is 0.169 e. The number of nitrogen functional groups attached to an aromatic ring is 1. The first kappa shape index (κ1) is 17.3. The first-order chi connectivity index (χ1) is 10.2. The topological polar surface area (TPSA) is 55.1 Å². The van der Waals surface area contributed by atoms with E-state index >= 15 is 0 Å². The van der Waals surface area contributed by atoms with Gasteiger partial charge in [0.1, 0.15) is 0 Å². The number of Topliss-reactive ketones (excluding diaryl/α,β-unsaturated/α-hetero) is 1. The highest BCUT2D eigenvalue weighted by Crippen LogP contribution is 2.41. The van der Waals surface area contributed by atoms with Gasteiger partial charge < -0.3 is 11.1 Å². The maximum atomic E-state index is 13.2. The van der Waals surface area contributed by atoms with E-state index in [2.05, 4.69) is 26.1 Å².